The second-order valence-electron chi connectivity index (χ2n) is 1.33. The molecule has 54 valence electrons. The average Bonchev–Trinajstić information content (AvgIpc) is 1.63. The van der Waals surface area contributed by atoms with Crippen LogP contribution in [-0.2, 0) is 0 Å². The van der Waals surface area contributed by atoms with E-state index >= 15 is 0 Å². The number of rotatable bonds is 2. The molecule has 0 radical (unpaired) electrons. The second-order valence-corrected chi connectivity index (χ2v) is 1.33. The highest BCUT2D eigenvalue weighted by molar-refractivity contribution is 4.94. The van der Waals surface area contributed by atoms with Crippen molar-refractivity contribution in [3.63, 3.8) is 0 Å². The smallest absolute Gasteiger partial charge is 0.244 e. The normalized spacial score (nSPS) is 11.2. The van der Waals surface area contributed by atoms with E-state index in [0.29, 0.717) is 0 Å². The summed E-state index contributed by atoms with van der Waals surface area (Å²) in [7, 11) is 0. The van der Waals surface area contributed by atoms with Gasteiger partial charge in [0.2, 0.25) is 0 Å². The Morgan fingerprint density at radius 3 is 1.89 bits per heavy atom. The molecule has 0 unspecified atom stereocenters. The van der Waals surface area contributed by atoms with Crippen LogP contribution in [0.2, 0.25) is 0 Å². The van der Waals surface area contributed by atoms with Gasteiger partial charge in [-0.2, -0.15) is 17.6 Å². The van der Waals surface area contributed by atoms with Crippen LogP contribution >= 0.6 is 0 Å². The monoisotopic (exact) mass is 146 g/mol. The molecule has 5 heteroatoms. The molecule has 0 aliphatic carbocycles. The van der Waals surface area contributed by atoms with Gasteiger partial charge in [-0.3, -0.25) is 0 Å². The highest BCUT2D eigenvalue weighted by Gasteiger charge is 2.26. The Morgan fingerprint density at radius 1 is 1.33 bits per heavy atom. The minimum Gasteiger partial charge on any atom is -0.244 e. The zero-order valence-corrected chi connectivity index (χ0v) is 4.17. The molecule has 0 fully saturated rings. The standard InChI is InChI=1S/C4H3F5/c5-2-4(8,9)1-3(6)7/h1H,2H2. The first-order chi connectivity index (χ1) is 3.98. The van der Waals surface area contributed by atoms with Crippen LogP contribution in [0, 0.1) is 0 Å². The molecule has 0 amide bonds. The summed E-state index contributed by atoms with van der Waals surface area (Å²) >= 11 is 0. The number of halogens is 5. The molecule has 0 aliphatic heterocycles. The van der Waals surface area contributed by atoms with E-state index in [2.05, 4.69) is 0 Å². The van der Waals surface area contributed by atoms with Crippen LogP contribution in [0.25, 0.3) is 0 Å². The molecule has 0 bridgehead atoms. The Balaban J connectivity index is 4.01. The molecule has 9 heavy (non-hydrogen) atoms. The highest BCUT2D eigenvalue weighted by atomic mass is 19.3. The first kappa shape index (κ1) is 8.39. The van der Waals surface area contributed by atoms with Crippen LogP contribution in [-0.4, -0.2) is 12.6 Å². The third-order valence-electron chi connectivity index (χ3n) is 0.498. The summed E-state index contributed by atoms with van der Waals surface area (Å²) in [4.78, 5) is 0. The third kappa shape index (κ3) is 3.93. The van der Waals surface area contributed by atoms with Crippen molar-refractivity contribution in [2.75, 3.05) is 6.67 Å². The Labute approximate surface area is 48.0 Å². The van der Waals surface area contributed by atoms with E-state index in [0.717, 1.165) is 0 Å². The van der Waals surface area contributed by atoms with Gasteiger partial charge < -0.3 is 0 Å². The Morgan fingerprint density at radius 2 is 1.78 bits per heavy atom. The Bertz CT molecular complexity index is 112. The summed E-state index contributed by atoms with van der Waals surface area (Å²) in [6, 6.07) is 0. The molecular weight excluding hydrogens is 143 g/mol. The molecule has 0 spiro atoms. The maximum atomic E-state index is 11.5. The van der Waals surface area contributed by atoms with Gasteiger partial charge in [-0.1, -0.05) is 0 Å². The van der Waals surface area contributed by atoms with Crippen molar-refractivity contribution >= 4 is 0 Å². The summed E-state index contributed by atoms with van der Waals surface area (Å²) in [6.45, 7) is -2.09. The second kappa shape index (κ2) is 2.80. The van der Waals surface area contributed by atoms with Gasteiger partial charge in [0, 0.05) is 0 Å². The fraction of sp³-hybridized carbons (Fsp3) is 0.500. The first-order valence-corrected chi connectivity index (χ1v) is 1.95. The maximum Gasteiger partial charge on any atom is 0.299 e. The summed E-state index contributed by atoms with van der Waals surface area (Å²) < 4.78 is 55.8. The molecule has 0 N–H and O–H groups in total. The van der Waals surface area contributed by atoms with Crippen LogP contribution in [0.15, 0.2) is 12.2 Å². The fourth-order valence-corrected chi connectivity index (χ4v) is 0.198. The predicted molar refractivity (Wildman–Crippen MR) is 21.2 cm³/mol. The molecule has 0 aromatic heterocycles. The molecule has 0 rings (SSSR count). The van der Waals surface area contributed by atoms with Crippen molar-refractivity contribution < 1.29 is 22.0 Å². The summed E-state index contributed by atoms with van der Waals surface area (Å²) in [5, 5.41) is 0. The maximum absolute atomic E-state index is 11.5. The van der Waals surface area contributed by atoms with Crippen molar-refractivity contribution in [2.24, 2.45) is 0 Å². The van der Waals surface area contributed by atoms with Gasteiger partial charge in [0.15, 0.2) is 6.67 Å². The zero-order valence-electron chi connectivity index (χ0n) is 4.17. The van der Waals surface area contributed by atoms with Gasteiger partial charge in [-0.05, 0) is 0 Å². The number of alkyl halides is 3. The third-order valence-corrected chi connectivity index (χ3v) is 0.498. The van der Waals surface area contributed by atoms with Crippen LogP contribution in [0.3, 0.4) is 0 Å². The lowest BCUT2D eigenvalue weighted by molar-refractivity contribution is 0.0237. The number of allylic oxidation sites excluding steroid dienone is 1. The SMILES string of the molecule is FCC(F)(F)C=C(F)F. The average molecular weight is 146 g/mol. The lowest BCUT2D eigenvalue weighted by Crippen LogP contribution is -2.14. The van der Waals surface area contributed by atoms with Gasteiger partial charge in [0.05, 0.1) is 6.08 Å². The highest BCUT2D eigenvalue weighted by Crippen LogP contribution is 2.18. The van der Waals surface area contributed by atoms with Crippen molar-refractivity contribution in [3.8, 4) is 0 Å². The molecule has 0 aromatic carbocycles. The van der Waals surface area contributed by atoms with Crippen LogP contribution in [0.5, 0.6) is 0 Å². The van der Waals surface area contributed by atoms with Crippen molar-refractivity contribution in [2.45, 2.75) is 5.92 Å². The summed E-state index contributed by atoms with van der Waals surface area (Å²) in [5.74, 6) is -4.02. The minimum absolute atomic E-state index is 0.715. The predicted octanol–water partition coefficient (Wildman–Crippen LogP) is 2.37. The van der Waals surface area contributed by atoms with Crippen LogP contribution < -0.4 is 0 Å². The largest absolute Gasteiger partial charge is 0.299 e. The molecule has 0 aromatic rings. The molecule has 0 aliphatic rings. The fourth-order valence-electron chi connectivity index (χ4n) is 0.198. The Kier molecular flexibility index (Phi) is 2.61. The molecule has 0 heterocycles. The van der Waals surface area contributed by atoms with Gasteiger partial charge in [0.25, 0.3) is 12.0 Å². The van der Waals surface area contributed by atoms with Gasteiger partial charge in [-0.25, -0.2) is 4.39 Å². The first-order valence-electron chi connectivity index (χ1n) is 1.95. The molecule has 0 atom stereocenters. The zero-order chi connectivity index (χ0) is 7.49. The number of hydrogen-bond acceptors (Lipinski definition) is 0. The van der Waals surface area contributed by atoms with Crippen molar-refractivity contribution in [1.29, 1.82) is 0 Å². The topological polar surface area (TPSA) is 0 Å². The van der Waals surface area contributed by atoms with Gasteiger partial charge >= 0.3 is 0 Å². The molecule has 0 nitrogen and oxygen atoms in total. The van der Waals surface area contributed by atoms with E-state index in [9.17, 15) is 22.0 Å². The Hall–Kier alpha value is -0.610. The summed E-state index contributed by atoms with van der Waals surface area (Å²) in [6.07, 6.45) is -3.29. The molecule has 0 saturated carbocycles. The lowest BCUT2D eigenvalue weighted by atomic mass is 10.4. The van der Waals surface area contributed by atoms with Crippen LogP contribution in [0.4, 0.5) is 22.0 Å². The summed E-state index contributed by atoms with van der Waals surface area (Å²) in [5.41, 5.74) is 0. The van der Waals surface area contributed by atoms with Crippen LogP contribution in [0.1, 0.15) is 0 Å². The number of hydrogen-bond donors (Lipinski definition) is 0. The van der Waals surface area contributed by atoms with Crippen molar-refractivity contribution in [3.05, 3.63) is 12.2 Å². The van der Waals surface area contributed by atoms with Gasteiger partial charge in [0.1, 0.15) is 0 Å². The van der Waals surface area contributed by atoms with E-state index in [-0.39, 0.29) is 0 Å². The van der Waals surface area contributed by atoms with Crippen molar-refractivity contribution in [1.82, 2.24) is 0 Å². The molecular formula is C4H3F5. The van der Waals surface area contributed by atoms with E-state index in [1.165, 1.54) is 0 Å². The molecule has 0 saturated heterocycles. The quantitative estimate of drug-likeness (QED) is 0.524. The minimum atomic E-state index is -4.02. The van der Waals surface area contributed by atoms with E-state index < -0.39 is 24.8 Å². The van der Waals surface area contributed by atoms with E-state index in [1.54, 1.807) is 0 Å². The van der Waals surface area contributed by atoms with E-state index in [4.69, 9.17) is 0 Å². The van der Waals surface area contributed by atoms with Gasteiger partial charge in [-0.15, -0.1) is 0 Å². The lowest BCUT2D eigenvalue weighted by Gasteiger charge is -2.02. The van der Waals surface area contributed by atoms with E-state index in [1.807, 2.05) is 0 Å².